The van der Waals surface area contributed by atoms with Crippen molar-refractivity contribution in [2.24, 2.45) is 5.92 Å². The highest BCUT2D eigenvalue weighted by atomic mass is 16.5. The Morgan fingerprint density at radius 1 is 1.00 bits per heavy atom. The Morgan fingerprint density at radius 3 is 2.17 bits per heavy atom. The number of carbonyl (C=O) groups is 1. The molecule has 0 spiro atoms. The highest BCUT2D eigenvalue weighted by Gasteiger charge is 2.22. The third-order valence-electron chi connectivity index (χ3n) is 3.80. The fourth-order valence-corrected chi connectivity index (χ4v) is 2.50. The minimum Gasteiger partial charge on any atom is -0.385 e. The molecule has 4 nitrogen and oxygen atoms in total. The van der Waals surface area contributed by atoms with E-state index in [1.165, 1.54) is 0 Å². The van der Waals surface area contributed by atoms with Gasteiger partial charge in [0.05, 0.1) is 5.92 Å². The second kappa shape index (κ2) is 8.34. The molecule has 0 heterocycles. The van der Waals surface area contributed by atoms with Gasteiger partial charge in [0.15, 0.2) is 0 Å². The van der Waals surface area contributed by atoms with Crippen LogP contribution in [0, 0.1) is 5.92 Å². The van der Waals surface area contributed by atoms with Gasteiger partial charge in [0, 0.05) is 12.2 Å². The van der Waals surface area contributed by atoms with Crippen LogP contribution in [0.3, 0.4) is 0 Å². The molecule has 0 saturated carbocycles. The molecule has 1 unspecified atom stereocenters. The van der Waals surface area contributed by atoms with Gasteiger partial charge in [-0.1, -0.05) is 56.3 Å². The van der Waals surface area contributed by atoms with E-state index in [1.807, 2.05) is 54.6 Å². The first kappa shape index (κ1) is 17.0. The Morgan fingerprint density at radius 2 is 1.61 bits per heavy atom. The lowest BCUT2D eigenvalue weighted by Crippen LogP contribution is -2.27. The first-order chi connectivity index (χ1) is 11.1. The highest BCUT2D eigenvalue weighted by molar-refractivity contribution is 5.86. The number of anilines is 1. The third kappa shape index (κ3) is 4.83. The lowest BCUT2D eigenvalue weighted by atomic mass is 9.90. The Labute approximate surface area is 137 Å². The van der Waals surface area contributed by atoms with E-state index in [0.29, 0.717) is 5.92 Å². The third-order valence-corrected chi connectivity index (χ3v) is 3.80. The van der Waals surface area contributed by atoms with E-state index in [-0.39, 0.29) is 0 Å². The largest absolute Gasteiger partial charge is 0.385 e. The first-order valence-corrected chi connectivity index (χ1v) is 7.94. The van der Waals surface area contributed by atoms with Gasteiger partial charge in [-0.05, 0) is 35.6 Å². The summed E-state index contributed by atoms with van der Waals surface area (Å²) in [5, 5.41) is 12.4. The van der Waals surface area contributed by atoms with Crippen molar-refractivity contribution in [1.29, 1.82) is 0 Å². The minimum absolute atomic E-state index is 0.434. The molecular formula is C19H24N2O2. The molecule has 0 aliphatic heterocycles. The van der Waals surface area contributed by atoms with Gasteiger partial charge < -0.3 is 5.32 Å². The molecule has 2 aromatic rings. The van der Waals surface area contributed by atoms with Gasteiger partial charge in [0.1, 0.15) is 0 Å². The maximum absolute atomic E-state index is 12.1. The van der Waals surface area contributed by atoms with Crippen LogP contribution in [0.2, 0.25) is 0 Å². The van der Waals surface area contributed by atoms with Crippen molar-refractivity contribution in [1.82, 2.24) is 5.48 Å². The number of rotatable bonds is 7. The molecule has 2 rings (SSSR count). The smallest absolute Gasteiger partial charge is 0.255 e. The van der Waals surface area contributed by atoms with Crippen LogP contribution >= 0.6 is 0 Å². The van der Waals surface area contributed by atoms with Crippen LogP contribution < -0.4 is 10.8 Å². The summed E-state index contributed by atoms with van der Waals surface area (Å²) in [7, 11) is 0. The van der Waals surface area contributed by atoms with Crippen LogP contribution in [0.15, 0.2) is 54.6 Å². The van der Waals surface area contributed by atoms with E-state index in [1.54, 1.807) is 5.48 Å². The van der Waals surface area contributed by atoms with Gasteiger partial charge in [-0.3, -0.25) is 10.0 Å². The molecule has 1 amide bonds. The number of carbonyl (C=O) groups excluding carboxylic acids is 1. The molecule has 122 valence electrons. The first-order valence-electron chi connectivity index (χ1n) is 7.94. The zero-order valence-electron chi connectivity index (χ0n) is 13.6. The van der Waals surface area contributed by atoms with Crippen molar-refractivity contribution in [2.75, 3.05) is 11.9 Å². The van der Waals surface area contributed by atoms with Crippen LogP contribution in [0.4, 0.5) is 5.69 Å². The molecule has 0 aliphatic carbocycles. The summed E-state index contributed by atoms with van der Waals surface area (Å²) in [4.78, 5) is 12.1. The van der Waals surface area contributed by atoms with E-state index in [2.05, 4.69) is 19.2 Å². The van der Waals surface area contributed by atoms with E-state index in [4.69, 9.17) is 5.21 Å². The van der Waals surface area contributed by atoms with E-state index in [0.717, 1.165) is 29.8 Å². The molecule has 23 heavy (non-hydrogen) atoms. The van der Waals surface area contributed by atoms with Crippen molar-refractivity contribution in [3.63, 3.8) is 0 Å². The summed E-state index contributed by atoms with van der Waals surface area (Å²) in [6.07, 6.45) is 1.11. The van der Waals surface area contributed by atoms with Gasteiger partial charge >= 0.3 is 0 Å². The van der Waals surface area contributed by atoms with Crippen molar-refractivity contribution < 1.29 is 10.0 Å². The van der Waals surface area contributed by atoms with Crippen molar-refractivity contribution in [3.05, 3.63) is 65.7 Å². The minimum atomic E-state index is -0.522. The monoisotopic (exact) mass is 312 g/mol. The summed E-state index contributed by atoms with van der Waals surface area (Å²) in [5.41, 5.74) is 4.49. The lowest BCUT2D eigenvalue weighted by molar-refractivity contribution is -0.129. The molecule has 4 heteroatoms. The SMILES string of the molecule is CC(C)CCNc1ccc(C(C(=O)NO)c2ccccc2)cc1. The molecule has 0 radical (unpaired) electrons. The average molecular weight is 312 g/mol. The number of hydrogen-bond donors (Lipinski definition) is 3. The molecule has 3 N–H and O–H groups in total. The van der Waals surface area contributed by atoms with Gasteiger partial charge in [0.25, 0.3) is 5.91 Å². The molecule has 2 aromatic carbocycles. The quantitative estimate of drug-likeness (QED) is 0.538. The number of nitrogens with one attached hydrogen (secondary N) is 2. The van der Waals surface area contributed by atoms with E-state index in [9.17, 15) is 4.79 Å². The Balaban J connectivity index is 2.15. The fraction of sp³-hybridized carbons (Fsp3) is 0.316. The van der Waals surface area contributed by atoms with Crippen molar-refractivity contribution >= 4 is 11.6 Å². The van der Waals surface area contributed by atoms with Crippen molar-refractivity contribution in [3.8, 4) is 0 Å². The maximum atomic E-state index is 12.1. The average Bonchev–Trinajstić information content (AvgIpc) is 2.57. The normalized spacial score (nSPS) is 12.0. The number of benzene rings is 2. The molecule has 0 aromatic heterocycles. The van der Waals surface area contributed by atoms with E-state index < -0.39 is 11.8 Å². The van der Waals surface area contributed by atoms with Gasteiger partial charge in [-0.15, -0.1) is 0 Å². The summed E-state index contributed by atoms with van der Waals surface area (Å²) < 4.78 is 0. The lowest BCUT2D eigenvalue weighted by Gasteiger charge is -2.16. The summed E-state index contributed by atoms with van der Waals surface area (Å²) in [5.74, 6) is -0.292. The maximum Gasteiger partial charge on any atom is 0.255 e. The molecule has 1 atom stereocenters. The summed E-state index contributed by atoms with van der Waals surface area (Å²) in [6.45, 7) is 5.32. The van der Waals surface area contributed by atoms with Crippen LogP contribution in [0.1, 0.15) is 37.3 Å². The topological polar surface area (TPSA) is 61.4 Å². The Bertz CT molecular complexity index is 609. The molecule has 0 aliphatic rings. The Kier molecular flexibility index (Phi) is 6.18. The predicted molar refractivity (Wildman–Crippen MR) is 92.6 cm³/mol. The number of hydrogen-bond acceptors (Lipinski definition) is 3. The standard InChI is InChI=1S/C19H24N2O2/c1-14(2)12-13-20-17-10-8-16(9-11-17)18(19(22)21-23)15-6-4-3-5-7-15/h3-11,14,18,20,23H,12-13H2,1-2H3,(H,21,22). The van der Waals surface area contributed by atoms with Gasteiger partial charge in [-0.25, -0.2) is 5.48 Å². The van der Waals surface area contributed by atoms with Crippen LogP contribution in [-0.2, 0) is 4.79 Å². The van der Waals surface area contributed by atoms with Crippen LogP contribution in [-0.4, -0.2) is 17.7 Å². The second-order valence-corrected chi connectivity index (χ2v) is 6.05. The van der Waals surface area contributed by atoms with Crippen LogP contribution in [0.25, 0.3) is 0 Å². The molecule has 0 bridgehead atoms. The van der Waals surface area contributed by atoms with E-state index >= 15 is 0 Å². The molecule has 0 fully saturated rings. The number of amides is 1. The molecular weight excluding hydrogens is 288 g/mol. The second-order valence-electron chi connectivity index (χ2n) is 6.05. The Hall–Kier alpha value is -2.33. The van der Waals surface area contributed by atoms with Crippen molar-refractivity contribution in [2.45, 2.75) is 26.2 Å². The fourth-order valence-electron chi connectivity index (χ4n) is 2.50. The van der Waals surface area contributed by atoms with Gasteiger partial charge in [-0.2, -0.15) is 0 Å². The van der Waals surface area contributed by atoms with Crippen LogP contribution in [0.5, 0.6) is 0 Å². The molecule has 0 saturated heterocycles. The zero-order chi connectivity index (χ0) is 16.7. The predicted octanol–water partition coefficient (Wildman–Crippen LogP) is 3.78. The summed E-state index contributed by atoms with van der Waals surface area (Å²) >= 11 is 0. The zero-order valence-corrected chi connectivity index (χ0v) is 13.6. The highest BCUT2D eigenvalue weighted by Crippen LogP contribution is 2.26. The number of hydroxylamine groups is 1. The van der Waals surface area contributed by atoms with Gasteiger partial charge in [0.2, 0.25) is 0 Å². The summed E-state index contributed by atoms with van der Waals surface area (Å²) in [6, 6.07) is 17.2.